The topological polar surface area (TPSA) is 98.2 Å². The van der Waals surface area contributed by atoms with Crippen LogP contribution < -0.4 is 14.2 Å². The summed E-state index contributed by atoms with van der Waals surface area (Å²) in [4.78, 5) is 29.6. The Labute approximate surface area is 150 Å². The van der Waals surface area contributed by atoms with Crippen LogP contribution in [0.15, 0.2) is 24.3 Å². The van der Waals surface area contributed by atoms with Crippen molar-refractivity contribution in [3.05, 3.63) is 35.5 Å². The lowest BCUT2D eigenvalue weighted by atomic mass is 10.0. The van der Waals surface area contributed by atoms with Crippen LogP contribution in [0.5, 0.6) is 17.2 Å². The molecular formula is C18H20N2O6. The van der Waals surface area contributed by atoms with Crippen molar-refractivity contribution in [2.45, 2.75) is 0 Å². The van der Waals surface area contributed by atoms with Crippen LogP contribution >= 0.6 is 0 Å². The fourth-order valence-electron chi connectivity index (χ4n) is 2.50. The molecule has 0 saturated heterocycles. The van der Waals surface area contributed by atoms with Gasteiger partial charge in [0.25, 0.3) is 5.91 Å². The highest BCUT2D eigenvalue weighted by Gasteiger charge is 2.26. The molecule has 0 unspecified atom stereocenters. The number of aromatic carboxylic acids is 1. The molecule has 0 radical (unpaired) electrons. The summed E-state index contributed by atoms with van der Waals surface area (Å²) >= 11 is 0. The molecule has 0 fully saturated rings. The molecule has 0 spiro atoms. The van der Waals surface area contributed by atoms with Gasteiger partial charge in [0.15, 0.2) is 11.5 Å². The molecule has 0 aliphatic carbocycles. The Morgan fingerprint density at radius 3 is 2.12 bits per heavy atom. The van der Waals surface area contributed by atoms with Gasteiger partial charge in [-0.05, 0) is 18.2 Å². The van der Waals surface area contributed by atoms with E-state index in [1.54, 1.807) is 32.3 Å². The van der Waals surface area contributed by atoms with Gasteiger partial charge < -0.3 is 24.2 Å². The number of carboxylic acids is 1. The lowest BCUT2D eigenvalue weighted by Crippen LogP contribution is -2.22. The van der Waals surface area contributed by atoms with Crippen molar-refractivity contribution < 1.29 is 28.9 Å². The number of nitrogens with zero attached hydrogens (tertiary/aromatic N) is 2. The van der Waals surface area contributed by atoms with Crippen molar-refractivity contribution >= 4 is 11.9 Å². The zero-order valence-corrected chi connectivity index (χ0v) is 15.2. The quantitative estimate of drug-likeness (QED) is 0.843. The molecule has 2 rings (SSSR count). The number of carbonyl (C=O) groups excluding carboxylic acids is 1. The van der Waals surface area contributed by atoms with Gasteiger partial charge in [0, 0.05) is 19.7 Å². The van der Waals surface area contributed by atoms with Crippen LogP contribution in [-0.4, -0.2) is 62.3 Å². The Kier molecular flexibility index (Phi) is 5.66. The summed E-state index contributed by atoms with van der Waals surface area (Å²) in [6, 6.07) is 6.28. The van der Waals surface area contributed by atoms with Crippen LogP contribution in [0.2, 0.25) is 0 Å². The number of hydrogen-bond donors (Lipinski definition) is 1. The molecule has 1 amide bonds. The standard InChI is InChI=1S/C18H20N2O6/c1-20(2)17(21)13-8-6-7-12(19-13)10-9-11(18(22)23)15(25-4)16(26-5)14(10)24-3/h6-9H,1-5H3,(H,22,23). The van der Waals surface area contributed by atoms with Gasteiger partial charge in [-0.1, -0.05) is 6.07 Å². The summed E-state index contributed by atoms with van der Waals surface area (Å²) in [5.74, 6) is -1.03. The second kappa shape index (κ2) is 7.73. The number of pyridine rings is 1. The van der Waals surface area contributed by atoms with E-state index in [1.165, 1.54) is 32.3 Å². The fraction of sp³-hybridized carbons (Fsp3) is 0.278. The number of carboxylic acid groups (broad SMARTS) is 1. The number of methoxy groups -OCH3 is 3. The highest BCUT2D eigenvalue weighted by atomic mass is 16.5. The van der Waals surface area contributed by atoms with Crippen molar-refractivity contribution in [1.29, 1.82) is 0 Å². The Hall–Kier alpha value is -3.29. The smallest absolute Gasteiger partial charge is 0.339 e. The highest BCUT2D eigenvalue weighted by Crippen LogP contribution is 2.46. The minimum atomic E-state index is -1.19. The Bertz CT molecular complexity index is 848. The largest absolute Gasteiger partial charge is 0.492 e. The number of ether oxygens (including phenoxy) is 3. The number of amides is 1. The predicted molar refractivity (Wildman–Crippen MR) is 94.3 cm³/mol. The molecule has 26 heavy (non-hydrogen) atoms. The fourth-order valence-corrected chi connectivity index (χ4v) is 2.50. The first-order valence-electron chi connectivity index (χ1n) is 7.61. The molecule has 8 nitrogen and oxygen atoms in total. The van der Waals surface area contributed by atoms with Crippen LogP contribution in [0, 0.1) is 0 Å². The van der Waals surface area contributed by atoms with Gasteiger partial charge in [0.05, 0.1) is 27.0 Å². The van der Waals surface area contributed by atoms with Gasteiger partial charge in [0.1, 0.15) is 11.3 Å². The van der Waals surface area contributed by atoms with Gasteiger partial charge in [-0.3, -0.25) is 4.79 Å². The monoisotopic (exact) mass is 360 g/mol. The number of carbonyl (C=O) groups is 2. The summed E-state index contributed by atoms with van der Waals surface area (Å²) in [5, 5.41) is 9.51. The van der Waals surface area contributed by atoms with Crippen molar-refractivity contribution in [2.24, 2.45) is 0 Å². The number of aromatic nitrogens is 1. The molecule has 138 valence electrons. The summed E-state index contributed by atoms with van der Waals surface area (Å²) in [5.41, 5.74) is 0.862. The number of rotatable bonds is 6. The van der Waals surface area contributed by atoms with E-state index in [-0.39, 0.29) is 34.4 Å². The second-order valence-corrected chi connectivity index (χ2v) is 5.48. The molecule has 0 saturated carbocycles. The minimum Gasteiger partial charge on any atom is -0.492 e. The van der Waals surface area contributed by atoms with Crippen molar-refractivity contribution in [2.75, 3.05) is 35.4 Å². The van der Waals surface area contributed by atoms with E-state index in [2.05, 4.69) is 4.98 Å². The summed E-state index contributed by atoms with van der Waals surface area (Å²) in [6.07, 6.45) is 0. The van der Waals surface area contributed by atoms with Crippen molar-refractivity contribution in [3.8, 4) is 28.5 Å². The molecule has 0 atom stereocenters. The van der Waals surface area contributed by atoms with E-state index in [0.717, 1.165) is 0 Å². The van der Waals surface area contributed by atoms with E-state index in [0.29, 0.717) is 11.3 Å². The maximum atomic E-state index is 12.2. The molecule has 2 aromatic rings. The Morgan fingerprint density at radius 2 is 1.62 bits per heavy atom. The van der Waals surface area contributed by atoms with E-state index in [1.807, 2.05) is 0 Å². The molecule has 0 aliphatic heterocycles. The first-order chi connectivity index (χ1) is 12.3. The van der Waals surface area contributed by atoms with E-state index >= 15 is 0 Å². The molecule has 0 aliphatic rings. The third kappa shape index (κ3) is 3.39. The SMILES string of the molecule is COc1c(C(=O)O)cc(-c2cccc(C(=O)N(C)C)n2)c(OC)c1OC. The van der Waals surface area contributed by atoms with Gasteiger partial charge in [-0.25, -0.2) is 9.78 Å². The first kappa shape index (κ1) is 19.0. The van der Waals surface area contributed by atoms with E-state index in [9.17, 15) is 14.7 Å². The number of benzene rings is 1. The van der Waals surface area contributed by atoms with Crippen LogP contribution in [-0.2, 0) is 0 Å². The molecule has 1 heterocycles. The molecule has 1 aromatic carbocycles. The summed E-state index contributed by atoms with van der Waals surface area (Å²) < 4.78 is 15.9. The highest BCUT2D eigenvalue weighted by molar-refractivity contribution is 5.96. The second-order valence-electron chi connectivity index (χ2n) is 5.48. The minimum absolute atomic E-state index is 0.0427. The zero-order chi connectivity index (χ0) is 19.4. The van der Waals surface area contributed by atoms with Gasteiger partial charge >= 0.3 is 5.97 Å². The molecule has 1 N–H and O–H groups in total. The summed E-state index contributed by atoms with van der Waals surface area (Å²) in [7, 11) is 7.40. The van der Waals surface area contributed by atoms with Gasteiger partial charge in [-0.15, -0.1) is 0 Å². The van der Waals surface area contributed by atoms with Gasteiger partial charge in [0.2, 0.25) is 5.75 Å². The Morgan fingerprint density at radius 1 is 1.00 bits per heavy atom. The molecule has 1 aromatic heterocycles. The summed E-state index contributed by atoms with van der Waals surface area (Å²) in [6.45, 7) is 0. The maximum Gasteiger partial charge on any atom is 0.339 e. The predicted octanol–water partition coefficient (Wildman–Crippen LogP) is 2.17. The lowest BCUT2D eigenvalue weighted by Gasteiger charge is -2.18. The third-order valence-electron chi connectivity index (χ3n) is 3.68. The number of hydrogen-bond acceptors (Lipinski definition) is 6. The first-order valence-corrected chi connectivity index (χ1v) is 7.61. The normalized spacial score (nSPS) is 10.2. The zero-order valence-electron chi connectivity index (χ0n) is 15.2. The van der Waals surface area contributed by atoms with Crippen molar-refractivity contribution in [1.82, 2.24) is 9.88 Å². The average molecular weight is 360 g/mol. The van der Waals surface area contributed by atoms with Crippen LogP contribution in [0.1, 0.15) is 20.8 Å². The average Bonchev–Trinajstić information content (AvgIpc) is 2.65. The third-order valence-corrected chi connectivity index (χ3v) is 3.68. The van der Waals surface area contributed by atoms with E-state index < -0.39 is 5.97 Å². The molecule has 8 heteroatoms. The Balaban J connectivity index is 2.77. The van der Waals surface area contributed by atoms with Crippen molar-refractivity contribution in [3.63, 3.8) is 0 Å². The molecular weight excluding hydrogens is 340 g/mol. The maximum absolute atomic E-state index is 12.2. The van der Waals surface area contributed by atoms with Crippen LogP contribution in [0.4, 0.5) is 0 Å². The lowest BCUT2D eigenvalue weighted by molar-refractivity contribution is 0.0692. The van der Waals surface area contributed by atoms with E-state index in [4.69, 9.17) is 14.2 Å². The van der Waals surface area contributed by atoms with Crippen LogP contribution in [0.25, 0.3) is 11.3 Å². The van der Waals surface area contributed by atoms with Gasteiger partial charge in [-0.2, -0.15) is 0 Å². The molecule has 0 bridgehead atoms. The van der Waals surface area contributed by atoms with Crippen LogP contribution in [0.3, 0.4) is 0 Å².